The van der Waals surface area contributed by atoms with E-state index in [9.17, 15) is 0 Å². The van der Waals surface area contributed by atoms with E-state index < -0.39 is 0 Å². The maximum absolute atomic E-state index is 5.36. The Kier molecular flexibility index (Phi) is 3.83. The van der Waals surface area contributed by atoms with E-state index in [1.807, 2.05) is 48.7 Å². The van der Waals surface area contributed by atoms with E-state index in [0.29, 0.717) is 11.5 Å². The standard InChI is InChI=1S/C18H17NO3/c1-20-15-6-4-5-12(7-15)16-8-13-9-17(21-2)18(22-3)10-14(13)11-19-16/h4-11H,1-3H3. The second-order valence-electron chi connectivity index (χ2n) is 4.86. The maximum Gasteiger partial charge on any atom is 0.161 e. The van der Waals surface area contributed by atoms with Crippen LogP contribution in [0.25, 0.3) is 22.0 Å². The molecule has 0 aliphatic heterocycles. The van der Waals surface area contributed by atoms with Gasteiger partial charge in [0.2, 0.25) is 0 Å². The molecule has 0 amide bonds. The van der Waals surface area contributed by atoms with Gasteiger partial charge in [-0.15, -0.1) is 0 Å². The zero-order valence-corrected chi connectivity index (χ0v) is 12.8. The first-order valence-electron chi connectivity index (χ1n) is 6.91. The Balaban J connectivity index is 2.12. The maximum atomic E-state index is 5.36. The number of fused-ring (bicyclic) bond motifs is 1. The number of ether oxygens (including phenoxy) is 3. The number of hydrogen-bond acceptors (Lipinski definition) is 4. The van der Waals surface area contributed by atoms with Gasteiger partial charge in [0.15, 0.2) is 11.5 Å². The van der Waals surface area contributed by atoms with Crippen LogP contribution in [0.2, 0.25) is 0 Å². The quantitative estimate of drug-likeness (QED) is 0.731. The molecule has 0 aliphatic rings. The molecule has 112 valence electrons. The minimum absolute atomic E-state index is 0.700. The van der Waals surface area contributed by atoms with Gasteiger partial charge in [0.25, 0.3) is 0 Å². The molecule has 0 unspecified atom stereocenters. The third-order valence-electron chi connectivity index (χ3n) is 3.59. The van der Waals surface area contributed by atoms with Crippen molar-refractivity contribution in [3.8, 4) is 28.5 Å². The lowest BCUT2D eigenvalue weighted by molar-refractivity contribution is 0.356. The normalized spacial score (nSPS) is 10.5. The van der Waals surface area contributed by atoms with Gasteiger partial charge >= 0.3 is 0 Å². The fourth-order valence-electron chi connectivity index (χ4n) is 2.41. The van der Waals surface area contributed by atoms with E-state index in [4.69, 9.17) is 14.2 Å². The SMILES string of the molecule is COc1cccc(-c2cc3cc(OC)c(OC)cc3cn2)c1. The van der Waals surface area contributed by atoms with Gasteiger partial charge < -0.3 is 14.2 Å². The van der Waals surface area contributed by atoms with Crippen LogP contribution >= 0.6 is 0 Å². The Hall–Kier alpha value is -2.75. The van der Waals surface area contributed by atoms with Gasteiger partial charge in [-0.25, -0.2) is 0 Å². The molecule has 0 N–H and O–H groups in total. The summed E-state index contributed by atoms with van der Waals surface area (Å²) >= 11 is 0. The van der Waals surface area contributed by atoms with Gasteiger partial charge in [0, 0.05) is 17.1 Å². The molecule has 0 spiro atoms. The van der Waals surface area contributed by atoms with Crippen LogP contribution < -0.4 is 14.2 Å². The Morgan fingerprint density at radius 2 is 1.50 bits per heavy atom. The first-order chi connectivity index (χ1) is 10.7. The van der Waals surface area contributed by atoms with Gasteiger partial charge in [0.1, 0.15) is 5.75 Å². The highest BCUT2D eigenvalue weighted by Crippen LogP contribution is 2.33. The minimum Gasteiger partial charge on any atom is -0.497 e. The predicted molar refractivity (Wildman–Crippen MR) is 86.8 cm³/mol. The van der Waals surface area contributed by atoms with Crippen molar-refractivity contribution in [2.75, 3.05) is 21.3 Å². The first kappa shape index (κ1) is 14.2. The number of aromatic nitrogens is 1. The van der Waals surface area contributed by atoms with Crippen molar-refractivity contribution in [1.29, 1.82) is 0 Å². The molecule has 1 heterocycles. The summed E-state index contributed by atoms with van der Waals surface area (Å²) in [4.78, 5) is 4.53. The topological polar surface area (TPSA) is 40.6 Å². The van der Waals surface area contributed by atoms with Crippen molar-refractivity contribution in [3.63, 3.8) is 0 Å². The molecule has 0 bridgehead atoms. The number of rotatable bonds is 4. The Morgan fingerprint density at radius 1 is 0.773 bits per heavy atom. The Morgan fingerprint density at radius 3 is 2.18 bits per heavy atom. The molecule has 4 heteroatoms. The van der Waals surface area contributed by atoms with Crippen LogP contribution in [0.4, 0.5) is 0 Å². The number of hydrogen-bond donors (Lipinski definition) is 0. The van der Waals surface area contributed by atoms with Crippen molar-refractivity contribution in [1.82, 2.24) is 4.98 Å². The molecular formula is C18H17NO3. The molecule has 0 saturated carbocycles. The molecule has 4 nitrogen and oxygen atoms in total. The molecule has 0 radical (unpaired) electrons. The lowest BCUT2D eigenvalue weighted by Gasteiger charge is -2.10. The van der Waals surface area contributed by atoms with Crippen LogP contribution in [0.1, 0.15) is 0 Å². The Bertz CT molecular complexity index is 815. The summed E-state index contributed by atoms with van der Waals surface area (Å²) in [6.45, 7) is 0. The van der Waals surface area contributed by atoms with E-state index in [0.717, 1.165) is 27.8 Å². The smallest absolute Gasteiger partial charge is 0.161 e. The van der Waals surface area contributed by atoms with Gasteiger partial charge in [-0.05, 0) is 35.7 Å². The number of methoxy groups -OCH3 is 3. The molecule has 3 aromatic rings. The average Bonchev–Trinajstić information content (AvgIpc) is 2.59. The molecular weight excluding hydrogens is 278 g/mol. The van der Waals surface area contributed by atoms with Gasteiger partial charge in [0.05, 0.1) is 27.0 Å². The average molecular weight is 295 g/mol. The van der Waals surface area contributed by atoms with Crippen molar-refractivity contribution >= 4 is 10.8 Å². The van der Waals surface area contributed by atoms with E-state index >= 15 is 0 Å². The summed E-state index contributed by atoms with van der Waals surface area (Å²) in [7, 11) is 4.92. The van der Waals surface area contributed by atoms with Crippen LogP contribution in [-0.2, 0) is 0 Å². The number of nitrogens with zero attached hydrogens (tertiary/aromatic N) is 1. The molecule has 3 rings (SSSR count). The second-order valence-corrected chi connectivity index (χ2v) is 4.86. The highest BCUT2D eigenvalue weighted by Gasteiger charge is 2.08. The predicted octanol–water partition coefficient (Wildman–Crippen LogP) is 3.93. The third kappa shape index (κ3) is 2.55. The van der Waals surface area contributed by atoms with Gasteiger partial charge in [-0.2, -0.15) is 0 Å². The Labute approximate surface area is 129 Å². The van der Waals surface area contributed by atoms with Crippen molar-refractivity contribution in [2.24, 2.45) is 0 Å². The van der Waals surface area contributed by atoms with Crippen LogP contribution in [0.3, 0.4) is 0 Å². The molecule has 0 fully saturated rings. The number of benzene rings is 2. The number of pyridine rings is 1. The second kappa shape index (κ2) is 5.93. The van der Waals surface area contributed by atoms with Crippen molar-refractivity contribution in [3.05, 3.63) is 48.7 Å². The molecule has 0 aliphatic carbocycles. The van der Waals surface area contributed by atoms with Gasteiger partial charge in [-0.1, -0.05) is 12.1 Å². The minimum atomic E-state index is 0.700. The summed E-state index contributed by atoms with van der Waals surface area (Å²) in [5.74, 6) is 2.22. The molecule has 2 aromatic carbocycles. The van der Waals surface area contributed by atoms with Crippen LogP contribution in [0.5, 0.6) is 17.2 Å². The van der Waals surface area contributed by atoms with Crippen LogP contribution in [0.15, 0.2) is 48.7 Å². The monoisotopic (exact) mass is 295 g/mol. The van der Waals surface area contributed by atoms with Crippen molar-refractivity contribution in [2.45, 2.75) is 0 Å². The molecule has 22 heavy (non-hydrogen) atoms. The third-order valence-corrected chi connectivity index (χ3v) is 3.59. The summed E-state index contributed by atoms with van der Waals surface area (Å²) in [6, 6.07) is 13.8. The molecule has 1 aromatic heterocycles. The fraction of sp³-hybridized carbons (Fsp3) is 0.167. The fourth-order valence-corrected chi connectivity index (χ4v) is 2.41. The molecule has 0 atom stereocenters. The highest BCUT2D eigenvalue weighted by atomic mass is 16.5. The highest BCUT2D eigenvalue weighted by molar-refractivity contribution is 5.88. The molecule has 0 saturated heterocycles. The zero-order valence-electron chi connectivity index (χ0n) is 12.8. The van der Waals surface area contributed by atoms with Crippen LogP contribution in [-0.4, -0.2) is 26.3 Å². The zero-order chi connectivity index (χ0) is 15.5. The van der Waals surface area contributed by atoms with E-state index in [-0.39, 0.29) is 0 Å². The summed E-state index contributed by atoms with van der Waals surface area (Å²) in [5, 5.41) is 2.05. The summed E-state index contributed by atoms with van der Waals surface area (Å²) in [6.07, 6.45) is 1.84. The first-order valence-corrected chi connectivity index (χ1v) is 6.91. The summed E-state index contributed by atoms with van der Waals surface area (Å²) < 4.78 is 15.9. The van der Waals surface area contributed by atoms with Gasteiger partial charge in [-0.3, -0.25) is 4.98 Å². The lowest BCUT2D eigenvalue weighted by atomic mass is 10.1. The van der Waals surface area contributed by atoms with Crippen molar-refractivity contribution < 1.29 is 14.2 Å². The largest absolute Gasteiger partial charge is 0.497 e. The van der Waals surface area contributed by atoms with E-state index in [2.05, 4.69) is 4.98 Å². The van der Waals surface area contributed by atoms with E-state index in [1.54, 1.807) is 21.3 Å². The lowest BCUT2D eigenvalue weighted by Crippen LogP contribution is -1.92. The summed E-state index contributed by atoms with van der Waals surface area (Å²) in [5.41, 5.74) is 1.90. The van der Waals surface area contributed by atoms with Crippen LogP contribution in [0, 0.1) is 0 Å². The van der Waals surface area contributed by atoms with E-state index in [1.165, 1.54) is 0 Å².